The third-order valence-electron chi connectivity index (χ3n) is 6.66. The molecule has 13 heteroatoms. The first-order chi connectivity index (χ1) is 18.5. The summed E-state index contributed by atoms with van der Waals surface area (Å²) in [6, 6.07) is 15.0. The average Bonchev–Trinajstić information content (AvgIpc) is 3.33. The zero-order valence-electron chi connectivity index (χ0n) is 20.5. The predicted octanol–water partition coefficient (Wildman–Crippen LogP) is 4.26. The standard InChI is InChI=1S/C24H24N4O4.C2HF3O2/c29-22-11-15-28(24(32)25-22)21-3-1-2-20-19(21)10-14-27(20)18-8-12-26(13-9-18)17-6-4-16(5-7-17)23(30)31;3-2(4,5)1(6)7/h1-7,10,14,18H,8-9,11-13,15H2,(H,30,31)(H,25,29,32);(H,6,7). The van der Waals surface area contributed by atoms with E-state index < -0.39 is 18.1 Å². The van der Waals surface area contributed by atoms with E-state index in [4.69, 9.17) is 15.0 Å². The first kappa shape index (κ1) is 27.5. The SMILES string of the molecule is O=C(O)C(F)(F)F.O=C1CCN(c2cccc3c2ccn3C2CCN(c3ccc(C(=O)O)cc3)CC2)C(=O)N1. The van der Waals surface area contributed by atoms with E-state index in [1.807, 2.05) is 30.3 Å². The summed E-state index contributed by atoms with van der Waals surface area (Å²) in [6.45, 7) is 2.15. The molecule has 10 nitrogen and oxygen atoms in total. The van der Waals surface area contributed by atoms with Gasteiger partial charge in [0.2, 0.25) is 5.91 Å². The minimum absolute atomic E-state index is 0.236. The summed E-state index contributed by atoms with van der Waals surface area (Å²) in [5.41, 5.74) is 3.24. The average molecular weight is 547 g/mol. The molecule has 3 N–H and O–H groups in total. The lowest BCUT2D eigenvalue weighted by Crippen LogP contribution is -2.49. The maximum atomic E-state index is 12.3. The lowest BCUT2D eigenvalue weighted by molar-refractivity contribution is -0.192. The number of fused-ring (bicyclic) bond motifs is 1. The lowest BCUT2D eigenvalue weighted by atomic mass is 10.0. The topological polar surface area (TPSA) is 132 Å². The minimum atomic E-state index is -5.08. The van der Waals surface area contributed by atoms with Crippen LogP contribution in [0.5, 0.6) is 0 Å². The number of aromatic carboxylic acids is 1. The highest BCUT2D eigenvalue weighted by Crippen LogP contribution is 2.34. The van der Waals surface area contributed by atoms with E-state index in [9.17, 15) is 27.6 Å². The fourth-order valence-corrected chi connectivity index (χ4v) is 4.74. The Morgan fingerprint density at radius 3 is 2.13 bits per heavy atom. The second-order valence-corrected chi connectivity index (χ2v) is 9.06. The third kappa shape index (κ3) is 6.13. The van der Waals surface area contributed by atoms with Gasteiger partial charge in [-0.15, -0.1) is 0 Å². The van der Waals surface area contributed by atoms with E-state index >= 15 is 0 Å². The number of carboxylic acids is 2. The number of urea groups is 1. The number of anilines is 2. The summed E-state index contributed by atoms with van der Waals surface area (Å²) in [7, 11) is 0. The molecule has 2 fully saturated rings. The van der Waals surface area contributed by atoms with Crippen LogP contribution in [0.15, 0.2) is 54.7 Å². The van der Waals surface area contributed by atoms with Crippen molar-refractivity contribution in [1.29, 1.82) is 0 Å². The van der Waals surface area contributed by atoms with Gasteiger partial charge in [-0.1, -0.05) is 6.07 Å². The number of hydrogen-bond donors (Lipinski definition) is 3. The maximum Gasteiger partial charge on any atom is 0.490 e. The number of imide groups is 1. The molecule has 2 aliphatic rings. The molecule has 2 aromatic carbocycles. The van der Waals surface area contributed by atoms with Gasteiger partial charge >= 0.3 is 24.1 Å². The first-order valence-corrected chi connectivity index (χ1v) is 12.0. The van der Waals surface area contributed by atoms with Crippen LogP contribution in [0.4, 0.5) is 29.3 Å². The molecule has 206 valence electrons. The van der Waals surface area contributed by atoms with Crippen molar-refractivity contribution < 1.29 is 42.6 Å². The number of aliphatic carboxylic acids is 1. The molecule has 0 aliphatic carbocycles. The highest BCUT2D eigenvalue weighted by molar-refractivity contribution is 6.09. The summed E-state index contributed by atoms with van der Waals surface area (Å²) < 4.78 is 34.0. The molecule has 1 aromatic heterocycles. The molecule has 2 aliphatic heterocycles. The van der Waals surface area contributed by atoms with Gasteiger partial charge in [0, 0.05) is 49.4 Å². The van der Waals surface area contributed by atoms with Gasteiger partial charge in [-0.05, 0) is 55.3 Å². The number of carbonyl (C=O) groups excluding carboxylic acids is 2. The lowest BCUT2D eigenvalue weighted by Gasteiger charge is -2.34. The van der Waals surface area contributed by atoms with Gasteiger partial charge in [-0.3, -0.25) is 15.0 Å². The summed E-state index contributed by atoms with van der Waals surface area (Å²) >= 11 is 0. The Morgan fingerprint density at radius 2 is 1.56 bits per heavy atom. The van der Waals surface area contributed by atoms with E-state index in [1.54, 1.807) is 17.0 Å². The molecule has 3 aromatic rings. The first-order valence-electron chi connectivity index (χ1n) is 12.0. The molecule has 0 unspecified atom stereocenters. The van der Waals surface area contributed by atoms with Crippen molar-refractivity contribution in [3.05, 3.63) is 60.3 Å². The molecule has 0 atom stereocenters. The Labute approximate surface area is 220 Å². The molecule has 0 saturated carbocycles. The van der Waals surface area contributed by atoms with Crippen LogP contribution < -0.4 is 15.1 Å². The number of nitrogens with zero attached hydrogens (tertiary/aromatic N) is 3. The van der Waals surface area contributed by atoms with Crippen LogP contribution in [0.3, 0.4) is 0 Å². The highest BCUT2D eigenvalue weighted by atomic mass is 19.4. The molecule has 0 spiro atoms. The number of piperidine rings is 1. The van der Waals surface area contributed by atoms with E-state index in [0.717, 1.165) is 48.2 Å². The number of alkyl halides is 3. The van der Waals surface area contributed by atoms with E-state index in [0.29, 0.717) is 24.6 Å². The molecule has 2 saturated heterocycles. The van der Waals surface area contributed by atoms with Gasteiger partial charge in [-0.2, -0.15) is 13.2 Å². The minimum Gasteiger partial charge on any atom is -0.478 e. The fourth-order valence-electron chi connectivity index (χ4n) is 4.74. The van der Waals surface area contributed by atoms with Gasteiger partial charge in [0.15, 0.2) is 0 Å². The molecule has 39 heavy (non-hydrogen) atoms. The molecule has 3 amide bonds. The van der Waals surface area contributed by atoms with Crippen LogP contribution in [0, 0.1) is 0 Å². The van der Waals surface area contributed by atoms with Gasteiger partial charge in [0.25, 0.3) is 0 Å². The molecule has 5 rings (SSSR count). The Hall–Kier alpha value is -4.55. The van der Waals surface area contributed by atoms with E-state index in [1.165, 1.54) is 0 Å². The summed E-state index contributed by atoms with van der Waals surface area (Å²) in [5.74, 6) is -3.91. The monoisotopic (exact) mass is 546 g/mol. The predicted molar refractivity (Wildman–Crippen MR) is 135 cm³/mol. The van der Waals surface area contributed by atoms with Crippen molar-refractivity contribution in [1.82, 2.24) is 9.88 Å². The number of carboxylic acid groups (broad SMARTS) is 2. The van der Waals surface area contributed by atoms with E-state index in [2.05, 4.69) is 27.0 Å². The third-order valence-corrected chi connectivity index (χ3v) is 6.66. The molecule has 0 radical (unpaired) electrons. The number of rotatable bonds is 4. The number of hydrogen-bond acceptors (Lipinski definition) is 5. The normalized spacial score (nSPS) is 16.5. The number of benzene rings is 2. The number of halogens is 3. The van der Waals surface area contributed by atoms with Gasteiger partial charge in [0.1, 0.15) is 0 Å². The largest absolute Gasteiger partial charge is 0.490 e. The van der Waals surface area contributed by atoms with Crippen LogP contribution in [-0.4, -0.2) is 64.5 Å². The summed E-state index contributed by atoms with van der Waals surface area (Å²) in [4.78, 5) is 47.7. The number of nitrogens with one attached hydrogen (secondary N) is 1. The van der Waals surface area contributed by atoms with Gasteiger partial charge in [0.05, 0.1) is 16.8 Å². The van der Waals surface area contributed by atoms with Gasteiger partial charge < -0.3 is 19.7 Å². The molecular weight excluding hydrogens is 521 g/mol. The van der Waals surface area contributed by atoms with Crippen LogP contribution in [-0.2, 0) is 9.59 Å². The van der Waals surface area contributed by atoms with Crippen LogP contribution in [0.25, 0.3) is 10.9 Å². The number of aromatic nitrogens is 1. The van der Waals surface area contributed by atoms with Crippen LogP contribution >= 0.6 is 0 Å². The number of amides is 3. The molecular formula is C26H25F3N4O6. The summed E-state index contributed by atoms with van der Waals surface area (Å²) in [6.07, 6.45) is -0.765. The quantitative estimate of drug-likeness (QED) is 0.446. The second kappa shape index (κ2) is 11.1. The maximum absolute atomic E-state index is 12.3. The Kier molecular flexibility index (Phi) is 7.79. The zero-order chi connectivity index (χ0) is 28.3. The Bertz CT molecular complexity index is 1390. The second-order valence-electron chi connectivity index (χ2n) is 9.06. The van der Waals surface area contributed by atoms with Crippen molar-refractivity contribution in [3.8, 4) is 0 Å². The van der Waals surface area contributed by atoms with Crippen LogP contribution in [0.2, 0.25) is 0 Å². The van der Waals surface area contributed by atoms with E-state index in [-0.39, 0.29) is 11.9 Å². The van der Waals surface area contributed by atoms with Crippen molar-refractivity contribution >= 4 is 46.2 Å². The van der Waals surface area contributed by atoms with Crippen molar-refractivity contribution in [3.63, 3.8) is 0 Å². The van der Waals surface area contributed by atoms with Crippen LogP contribution in [0.1, 0.15) is 35.7 Å². The Morgan fingerprint density at radius 1 is 0.923 bits per heavy atom. The number of carbonyl (C=O) groups is 4. The zero-order valence-corrected chi connectivity index (χ0v) is 20.5. The fraction of sp³-hybridized carbons (Fsp3) is 0.308. The molecule has 0 bridgehead atoms. The summed E-state index contributed by atoms with van der Waals surface area (Å²) in [5, 5.41) is 19.6. The molecule has 3 heterocycles. The Balaban J connectivity index is 0.000000448. The van der Waals surface area contributed by atoms with Gasteiger partial charge in [-0.25, -0.2) is 14.4 Å². The van der Waals surface area contributed by atoms with Crippen molar-refractivity contribution in [2.75, 3.05) is 29.4 Å². The van der Waals surface area contributed by atoms with Crippen molar-refractivity contribution in [2.24, 2.45) is 0 Å². The highest BCUT2D eigenvalue weighted by Gasteiger charge is 2.38. The van der Waals surface area contributed by atoms with Crippen molar-refractivity contribution in [2.45, 2.75) is 31.5 Å². The smallest absolute Gasteiger partial charge is 0.478 e.